The summed E-state index contributed by atoms with van der Waals surface area (Å²) in [5.41, 5.74) is 10.3. The van der Waals surface area contributed by atoms with Crippen LogP contribution >= 0.6 is 15.9 Å². The predicted octanol–water partition coefficient (Wildman–Crippen LogP) is 7.83. The zero-order valence-corrected chi connectivity index (χ0v) is 24.9. The zero-order chi connectivity index (χ0) is 30.3. The Morgan fingerprint density at radius 2 is 1.77 bits per heavy atom. The van der Waals surface area contributed by atoms with E-state index in [2.05, 4.69) is 21.1 Å². The van der Waals surface area contributed by atoms with E-state index >= 15 is 4.39 Å². The van der Waals surface area contributed by atoms with Gasteiger partial charge in [-0.25, -0.2) is 4.39 Å². The normalized spacial score (nSPS) is 15.2. The number of hydrogen-bond donors (Lipinski definition) is 2. The van der Waals surface area contributed by atoms with E-state index in [0.29, 0.717) is 29.8 Å². The molecule has 1 fully saturated rings. The second-order valence-corrected chi connectivity index (χ2v) is 11.2. The number of piperidine rings is 1. The van der Waals surface area contributed by atoms with E-state index in [-0.39, 0.29) is 36.9 Å². The molecule has 0 spiro atoms. The minimum atomic E-state index is -0.898. The lowest BCUT2D eigenvalue weighted by molar-refractivity contribution is -0.144. The van der Waals surface area contributed by atoms with Gasteiger partial charge in [-0.3, -0.25) is 9.69 Å². The maximum Gasteiger partial charge on any atom is 0.320 e. The van der Waals surface area contributed by atoms with E-state index in [9.17, 15) is 14.8 Å². The van der Waals surface area contributed by atoms with Crippen LogP contribution in [-0.4, -0.2) is 28.6 Å². The molecule has 0 aliphatic carbocycles. The molecule has 222 valence electrons. The van der Waals surface area contributed by atoms with Gasteiger partial charge in [0.15, 0.2) is 11.6 Å². The zero-order valence-electron chi connectivity index (χ0n) is 23.3. The number of carboxylic acid groups (broad SMARTS) is 1. The number of nitrogen functional groups attached to an aromatic ring is 1. The topological polar surface area (TPSA) is 114 Å². The molecule has 1 atom stereocenters. The third-order valence-electron chi connectivity index (χ3n) is 7.52. The number of nitrogens with zero attached hydrogens (tertiary/aromatic N) is 2. The average Bonchev–Trinajstić information content (AvgIpc) is 3.01. The van der Waals surface area contributed by atoms with Crippen LogP contribution in [0.25, 0.3) is 11.1 Å². The molecule has 8 nitrogen and oxygen atoms in total. The molecule has 10 heteroatoms. The number of anilines is 1. The molecule has 1 heterocycles. The molecule has 3 N–H and O–H groups in total. The molecule has 4 aromatic carbocycles. The van der Waals surface area contributed by atoms with Gasteiger partial charge in [0.2, 0.25) is 0 Å². The Hall–Kier alpha value is -4.28. The number of benzene rings is 4. The summed E-state index contributed by atoms with van der Waals surface area (Å²) in [6.07, 6.45) is 2.21. The second kappa shape index (κ2) is 13.8. The molecule has 1 unspecified atom stereocenters. The maximum absolute atomic E-state index is 15.5. The van der Waals surface area contributed by atoms with Crippen molar-refractivity contribution in [2.75, 3.05) is 12.3 Å². The van der Waals surface area contributed by atoms with Gasteiger partial charge in [0.1, 0.15) is 30.7 Å². The molecule has 5 rings (SSSR count). The van der Waals surface area contributed by atoms with Crippen LogP contribution in [0.4, 0.5) is 15.8 Å². The van der Waals surface area contributed by atoms with Crippen LogP contribution in [0.2, 0.25) is 0 Å². The second-order valence-electron chi connectivity index (χ2n) is 10.4. The third kappa shape index (κ3) is 7.21. The van der Waals surface area contributed by atoms with E-state index < -0.39 is 17.8 Å². The van der Waals surface area contributed by atoms with Crippen molar-refractivity contribution in [2.45, 2.75) is 45.1 Å². The molecule has 1 saturated heterocycles. The summed E-state index contributed by atoms with van der Waals surface area (Å²) in [7, 11) is 0. The number of carboxylic acids is 1. The van der Waals surface area contributed by atoms with Crippen molar-refractivity contribution in [3.63, 3.8) is 0 Å². The lowest BCUT2D eigenvalue weighted by Gasteiger charge is -2.33. The first-order chi connectivity index (χ1) is 20.8. The fourth-order valence-corrected chi connectivity index (χ4v) is 5.86. The van der Waals surface area contributed by atoms with E-state index in [0.717, 1.165) is 34.0 Å². The van der Waals surface area contributed by atoms with Crippen LogP contribution in [0, 0.1) is 10.7 Å². The van der Waals surface area contributed by atoms with Crippen molar-refractivity contribution < 1.29 is 23.8 Å². The highest BCUT2D eigenvalue weighted by Crippen LogP contribution is 2.35. The van der Waals surface area contributed by atoms with Gasteiger partial charge in [0.05, 0.1) is 5.69 Å². The number of hydrogen-bond acceptors (Lipinski definition) is 7. The molecule has 0 amide bonds. The van der Waals surface area contributed by atoms with Gasteiger partial charge < -0.3 is 20.3 Å². The molecular formula is C33H31BrFN3O5. The van der Waals surface area contributed by atoms with E-state index in [1.807, 2.05) is 53.4 Å². The van der Waals surface area contributed by atoms with Crippen LogP contribution in [-0.2, 0) is 24.6 Å². The molecule has 1 aliphatic rings. The summed E-state index contributed by atoms with van der Waals surface area (Å²) in [5.74, 6) is -1.11. The molecule has 0 saturated carbocycles. The SMILES string of the molecule is Nc1cc(COc2cc(OCc3cccc(-c4ccccc4)c3Br)c(F)cc2CN2CCCCC2C(=O)O)ccc1N=O. The molecular weight excluding hydrogens is 617 g/mol. The smallest absolute Gasteiger partial charge is 0.320 e. The van der Waals surface area contributed by atoms with Gasteiger partial charge in [0.25, 0.3) is 0 Å². The van der Waals surface area contributed by atoms with Crippen molar-refractivity contribution in [1.82, 2.24) is 4.90 Å². The van der Waals surface area contributed by atoms with Crippen LogP contribution in [0.3, 0.4) is 0 Å². The number of rotatable bonds is 11. The average molecular weight is 649 g/mol. The third-order valence-corrected chi connectivity index (χ3v) is 8.45. The van der Waals surface area contributed by atoms with Crippen LogP contribution < -0.4 is 15.2 Å². The van der Waals surface area contributed by atoms with Crippen LogP contribution in [0.5, 0.6) is 11.5 Å². The van der Waals surface area contributed by atoms with Gasteiger partial charge in [0, 0.05) is 28.2 Å². The predicted molar refractivity (Wildman–Crippen MR) is 167 cm³/mol. The van der Waals surface area contributed by atoms with Crippen molar-refractivity contribution in [3.05, 3.63) is 111 Å². The Morgan fingerprint density at radius 3 is 2.51 bits per heavy atom. The van der Waals surface area contributed by atoms with Gasteiger partial charge in [-0.05, 0) is 75.4 Å². The van der Waals surface area contributed by atoms with Gasteiger partial charge >= 0.3 is 5.97 Å². The largest absolute Gasteiger partial charge is 0.488 e. The minimum Gasteiger partial charge on any atom is -0.488 e. The van der Waals surface area contributed by atoms with Gasteiger partial charge in [-0.1, -0.05) is 61.0 Å². The number of halogens is 2. The highest BCUT2D eigenvalue weighted by molar-refractivity contribution is 9.10. The van der Waals surface area contributed by atoms with Crippen molar-refractivity contribution >= 4 is 33.3 Å². The summed E-state index contributed by atoms with van der Waals surface area (Å²) < 4.78 is 28.5. The van der Waals surface area contributed by atoms with E-state index in [1.165, 1.54) is 18.2 Å². The fraction of sp³-hybridized carbons (Fsp3) is 0.242. The maximum atomic E-state index is 15.5. The van der Waals surface area contributed by atoms with Crippen molar-refractivity contribution in [3.8, 4) is 22.6 Å². The highest BCUT2D eigenvalue weighted by atomic mass is 79.9. The first kappa shape index (κ1) is 30.2. The number of aliphatic carboxylic acids is 1. The number of nitroso groups, excluding NO2 is 1. The molecule has 1 aliphatic heterocycles. The van der Waals surface area contributed by atoms with Crippen molar-refractivity contribution in [1.29, 1.82) is 0 Å². The molecule has 0 radical (unpaired) electrons. The summed E-state index contributed by atoms with van der Waals surface area (Å²) in [6, 6.07) is 22.7. The first-order valence-electron chi connectivity index (χ1n) is 13.9. The van der Waals surface area contributed by atoms with Gasteiger partial charge in [-0.15, -0.1) is 4.91 Å². The monoisotopic (exact) mass is 647 g/mol. The number of likely N-dealkylation sites (tertiary alicyclic amines) is 1. The van der Waals surface area contributed by atoms with Gasteiger partial charge in [-0.2, -0.15) is 0 Å². The summed E-state index contributed by atoms with van der Waals surface area (Å²) >= 11 is 3.69. The first-order valence-corrected chi connectivity index (χ1v) is 14.7. The van der Waals surface area contributed by atoms with Crippen LogP contribution in [0.1, 0.15) is 36.0 Å². The number of ether oxygens (including phenoxy) is 2. The lowest BCUT2D eigenvalue weighted by Crippen LogP contribution is -2.44. The van der Waals surface area contributed by atoms with E-state index in [4.69, 9.17) is 15.2 Å². The molecule has 43 heavy (non-hydrogen) atoms. The van der Waals surface area contributed by atoms with Crippen molar-refractivity contribution in [2.24, 2.45) is 5.18 Å². The minimum absolute atomic E-state index is 0.00390. The van der Waals surface area contributed by atoms with Crippen LogP contribution in [0.15, 0.2) is 88.5 Å². The summed E-state index contributed by atoms with van der Waals surface area (Å²) in [6.45, 7) is 0.957. The lowest BCUT2D eigenvalue weighted by atomic mass is 10.0. The molecule has 0 aromatic heterocycles. The summed E-state index contributed by atoms with van der Waals surface area (Å²) in [4.78, 5) is 24.7. The standard InChI is InChI=1S/C33H31BrFN3O5/c34-32-23(9-6-10-25(32)22-7-2-1-3-8-22)20-43-31-17-30(42-19-21-12-13-28(37-41)27(36)15-21)24(16-26(31)35)18-38-14-5-4-11-29(38)33(39)40/h1-3,6-10,12-13,15-17,29H,4-5,11,14,18-20,36H2,(H,39,40). The Kier molecular flexibility index (Phi) is 9.68. The Balaban J connectivity index is 1.41. The Bertz CT molecular complexity index is 1620. The Morgan fingerprint density at radius 1 is 0.977 bits per heavy atom. The number of nitrogens with two attached hydrogens (primary N) is 1. The quantitative estimate of drug-likeness (QED) is 0.126. The number of carbonyl (C=O) groups is 1. The highest BCUT2D eigenvalue weighted by Gasteiger charge is 2.29. The van der Waals surface area contributed by atoms with E-state index in [1.54, 1.807) is 12.1 Å². The molecule has 0 bridgehead atoms. The molecule has 4 aromatic rings. The summed E-state index contributed by atoms with van der Waals surface area (Å²) in [5, 5.41) is 12.7. The fourth-order valence-electron chi connectivity index (χ4n) is 5.25. The Labute approximate surface area is 257 Å².